The second-order valence-corrected chi connectivity index (χ2v) is 22.0. The average molecular weight is 1020 g/mol. The van der Waals surface area contributed by atoms with Crippen LogP contribution in [0.4, 0.5) is 0 Å². The molecule has 8 rings (SSSR count). The molecule has 24 heteroatoms. The van der Waals surface area contributed by atoms with Crippen molar-refractivity contribution in [3.05, 3.63) is 12.2 Å². The Bertz CT molecular complexity index is 1940. The van der Waals surface area contributed by atoms with Crippen LogP contribution in [0.25, 0.3) is 0 Å². The van der Waals surface area contributed by atoms with Gasteiger partial charge in [-0.2, -0.15) is 0 Å². The Kier molecular flexibility index (Phi) is 16.1. The van der Waals surface area contributed by atoms with Crippen molar-refractivity contribution in [2.24, 2.45) is 33.5 Å². The predicted molar refractivity (Wildman–Crippen MR) is 232 cm³/mol. The van der Waals surface area contributed by atoms with Crippen LogP contribution in [0.5, 0.6) is 0 Å². The maximum atomic E-state index is 14.5. The molecule has 13 N–H and O–H groups in total. The quantitative estimate of drug-likeness (QED) is 0.0451. The molecule has 8 aliphatic rings. The van der Waals surface area contributed by atoms with Crippen LogP contribution >= 0.6 is 0 Å². The topological polar surface area (TPSA) is 388 Å². The first kappa shape index (κ1) is 54.7. The van der Waals surface area contributed by atoms with Gasteiger partial charge in [0.05, 0.1) is 31.3 Å². The van der Waals surface area contributed by atoms with Crippen molar-refractivity contribution >= 4 is 17.9 Å². The first-order chi connectivity index (χ1) is 33.4. The zero-order valence-electron chi connectivity index (χ0n) is 39.7. The van der Waals surface area contributed by atoms with Crippen LogP contribution in [0.15, 0.2) is 12.2 Å². The maximum absolute atomic E-state index is 14.5. The van der Waals surface area contributed by atoms with Crippen LogP contribution in [0.1, 0.15) is 84.5 Å². The van der Waals surface area contributed by atoms with Gasteiger partial charge in [0.15, 0.2) is 12.6 Å². The molecule has 4 aliphatic carbocycles. The highest BCUT2D eigenvalue weighted by atomic mass is 16.7. The summed E-state index contributed by atoms with van der Waals surface area (Å²) < 4.78 is 46.7. The van der Waals surface area contributed by atoms with Gasteiger partial charge in [-0.05, 0) is 92.8 Å². The molecule has 4 aliphatic heterocycles. The number of hydrogen-bond donors (Lipinski definition) is 13. The molecule has 71 heavy (non-hydrogen) atoms. The largest absolute Gasteiger partial charge is 0.481 e. The molecule has 0 radical (unpaired) electrons. The van der Waals surface area contributed by atoms with Gasteiger partial charge >= 0.3 is 17.9 Å². The van der Waals surface area contributed by atoms with E-state index in [4.69, 9.17) is 43.0 Å². The molecule has 8 fully saturated rings. The number of carboxylic acid groups (broad SMARTS) is 1. The molecule has 25 atom stereocenters. The van der Waals surface area contributed by atoms with E-state index in [2.05, 4.69) is 13.5 Å². The maximum Gasteiger partial charge on any atom is 0.317 e. The second kappa shape index (κ2) is 20.9. The van der Waals surface area contributed by atoms with E-state index in [-0.39, 0.29) is 23.7 Å². The Labute approximate surface area is 409 Å². The number of carbonyl (C=O) groups is 3. The molecule has 24 nitrogen and oxygen atoms in total. The fourth-order valence-electron chi connectivity index (χ4n) is 14.2. The van der Waals surface area contributed by atoms with Crippen LogP contribution in [-0.4, -0.2) is 227 Å². The van der Waals surface area contributed by atoms with Crippen molar-refractivity contribution in [3.63, 3.8) is 0 Å². The minimum absolute atomic E-state index is 0.0687. The van der Waals surface area contributed by atoms with E-state index in [9.17, 15) is 75.7 Å². The van der Waals surface area contributed by atoms with Gasteiger partial charge in [0, 0.05) is 0 Å². The minimum Gasteiger partial charge on any atom is -0.481 e. The van der Waals surface area contributed by atoms with E-state index in [1.165, 1.54) is 0 Å². The monoisotopic (exact) mass is 1020 g/mol. The summed E-state index contributed by atoms with van der Waals surface area (Å²) in [5.41, 5.74) is -1.56. The predicted octanol–water partition coefficient (Wildman–Crippen LogP) is -3.79. The molecular weight excluding hydrogens is 948 g/mol. The molecule has 0 aromatic heterocycles. The normalized spacial score (nSPS) is 50.9. The molecule has 0 aromatic carbocycles. The summed E-state index contributed by atoms with van der Waals surface area (Å²) in [6.45, 7) is 6.02. The summed E-state index contributed by atoms with van der Waals surface area (Å²) in [6, 6.07) is 0. The fraction of sp³-hybridized carbons (Fsp3) is 0.894. The van der Waals surface area contributed by atoms with Crippen molar-refractivity contribution in [3.8, 4) is 0 Å². The third-order valence-corrected chi connectivity index (χ3v) is 17.8. The average Bonchev–Trinajstić information content (AvgIpc) is 3.52. The van der Waals surface area contributed by atoms with Crippen LogP contribution in [0, 0.1) is 33.5 Å². The molecule has 0 amide bonds. The number of ether oxygens (including phenoxy) is 8. The third-order valence-electron chi connectivity index (χ3n) is 17.8. The highest BCUT2D eigenvalue weighted by Gasteiger charge is 2.69. The van der Waals surface area contributed by atoms with Gasteiger partial charge in [0.1, 0.15) is 105 Å². The van der Waals surface area contributed by atoms with Crippen LogP contribution in [-0.2, 0) is 52.3 Å². The number of aliphatic hydroxyl groups excluding tert-OH is 12. The van der Waals surface area contributed by atoms with E-state index in [0.29, 0.717) is 51.4 Å². The molecule has 404 valence electrons. The van der Waals surface area contributed by atoms with Crippen molar-refractivity contribution in [2.75, 3.05) is 26.4 Å². The van der Waals surface area contributed by atoms with Crippen molar-refractivity contribution in [1.82, 2.24) is 0 Å². The molecule has 2 bridgehead atoms. The van der Waals surface area contributed by atoms with Gasteiger partial charge in [-0.1, -0.05) is 25.5 Å². The van der Waals surface area contributed by atoms with E-state index in [0.717, 1.165) is 12.0 Å². The summed E-state index contributed by atoms with van der Waals surface area (Å²) in [6.07, 6.45) is -26.2. The van der Waals surface area contributed by atoms with Crippen molar-refractivity contribution in [1.29, 1.82) is 0 Å². The Balaban J connectivity index is 1.02. The van der Waals surface area contributed by atoms with E-state index in [1.54, 1.807) is 0 Å². The lowest BCUT2D eigenvalue weighted by Gasteiger charge is -2.64. The molecular formula is C47H72O24. The molecule has 0 aromatic rings. The number of carboxylic acids is 1. The number of allylic oxidation sites excluding steroid dienone is 1. The zero-order valence-corrected chi connectivity index (χ0v) is 39.7. The molecule has 4 saturated carbocycles. The Hall–Kier alpha value is -2.57. The number of aliphatic hydroxyl groups is 12. The van der Waals surface area contributed by atoms with E-state index >= 15 is 0 Å². The summed E-state index contributed by atoms with van der Waals surface area (Å²) in [7, 11) is 0. The number of aliphatic carboxylic acids is 1. The summed E-state index contributed by atoms with van der Waals surface area (Å²) in [5.74, 6) is -3.41. The van der Waals surface area contributed by atoms with Crippen LogP contribution in [0.3, 0.4) is 0 Å². The third kappa shape index (κ3) is 9.82. The first-order valence-corrected chi connectivity index (χ1v) is 24.6. The van der Waals surface area contributed by atoms with Gasteiger partial charge in [-0.3, -0.25) is 14.4 Å². The van der Waals surface area contributed by atoms with Crippen LogP contribution < -0.4 is 0 Å². The highest BCUT2D eigenvalue weighted by molar-refractivity contribution is 5.90. The SMILES string of the molecule is C=C1C[C@@]23CC[C@H]4[C@@](C)(CCC[C@@]4(C)C(=O)OC4OC(COC(=O)CC(=O)O)C(O)C(O)C4O)[C@@H]2CC[C@]1(CC1OC(CO)C(O)C(OC2OC(CO)C(O)C(O)C2O)C1OC1OCC(O)C(O)C1O)C3. The van der Waals surface area contributed by atoms with Crippen molar-refractivity contribution in [2.45, 2.75) is 201 Å². The lowest BCUT2D eigenvalue weighted by molar-refractivity contribution is -0.365. The number of esters is 2. The Morgan fingerprint density at radius 3 is 1.94 bits per heavy atom. The first-order valence-electron chi connectivity index (χ1n) is 24.6. The minimum atomic E-state index is -1.90. The summed E-state index contributed by atoms with van der Waals surface area (Å²) in [5, 5.41) is 137. The Morgan fingerprint density at radius 2 is 1.27 bits per heavy atom. The number of hydrogen-bond acceptors (Lipinski definition) is 23. The fourth-order valence-corrected chi connectivity index (χ4v) is 14.2. The van der Waals surface area contributed by atoms with Gasteiger partial charge in [0.25, 0.3) is 0 Å². The van der Waals surface area contributed by atoms with Gasteiger partial charge in [0.2, 0.25) is 6.29 Å². The number of carbonyl (C=O) groups excluding carboxylic acids is 2. The van der Waals surface area contributed by atoms with Gasteiger partial charge in [-0.25, -0.2) is 0 Å². The molecule has 4 heterocycles. The zero-order chi connectivity index (χ0) is 51.7. The smallest absolute Gasteiger partial charge is 0.317 e. The summed E-state index contributed by atoms with van der Waals surface area (Å²) in [4.78, 5) is 37.4. The molecule has 19 unspecified atom stereocenters. The Morgan fingerprint density at radius 1 is 0.662 bits per heavy atom. The highest BCUT2D eigenvalue weighted by Crippen LogP contribution is 2.75. The lowest BCUT2D eigenvalue weighted by atomic mass is 9.40. The van der Waals surface area contributed by atoms with Gasteiger partial charge in [-0.15, -0.1) is 0 Å². The molecule has 1 spiro atoms. The number of rotatable bonds is 14. The van der Waals surface area contributed by atoms with Crippen LogP contribution in [0.2, 0.25) is 0 Å². The lowest BCUT2D eigenvalue weighted by Crippen LogP contribution is -2.66. The van der Waals surface area contributed by atoms with E-state index in [1.807, 2.05) is 6.92 Å². The standard InChI is InChI=1S/C47H72O24/c1-19-12-47-10-5-25-44(2,7-4-8-45(25,3)43(63)71-42-37(62)34(59)31(56)24(68-42)17-64-28(53)11-27(51)52)26(47)6-9-46(19,18-47)13-21-38(69-40-35(60)29(54)20(50)16-65-40)39(32(57)23(15-49)66-21)70-41-36(61)33(58)30(55)22(14-48)67-41/h20-26,29-42,48-50,54-62H,1,4-18H2,2-3H3,(H,51,52)/t20?,21?,22?,23?,24?,25-,26-,29?,30?,31?,32?,33?,34?,35?,36?,37?,38?,39?,40?,41?,42?,44+,45+,46-,47+/m0/s1. The number of fused-ring (bicyclic) bond motifs is 3. The summed E-state index contributed by atoms with van der Waals surface area (Å²) >= 11 is 0. The van der Waals surface area contributed by atoms with Crippen molar-refractivity contribution < 1.29 is 119 Å². The van der Waals surface area contributed by atoms with Gasteiger partial charge < -0.3 is 104 Å². The molecule has 4 saturated heterocycles. The van der Waals surface area contributed by atoms with E-state index < -0.39 is 184 Å². The second-order valence-electron chi connectivity index (χ2n) is 22.0.